The van der Waals surface area contributed by atoms with Gasteiger partial charge in [0.05, 0.1) is 6.10 Å². The molecule has 0 atom stereocenters. The van der Waals surface area contributed by atoms with Gasteiger partial charge in [0.1, 0.15) is 12.2 Å². The molecule has 7 nitrogen and oxygen atoms in total. The lowest BCUT2D eigenvalue weighted by molar-refractivity contribution is 0.108. The van der Waals surface area contributed by atoms with Crippen LogP contribution in [-0.2, 0) is 19.4 Å². The lowest BCUT2D eigenvalue weighted by atomic mass is 10.1. The van der Waals surface area contributed by atoms with Crippen LogP contribution < -0.4 is 5.32 Å². The van der Waals surface area contributed by atoms with Gasteiger partial charge in [0.15, 0.2) is 5.96 Å². The first-order valence-corrected chi connectivity index (χ1v) is 10.2. The highest BCUT2D eigenvalue weighted by atomic mass is 32.1. The fourth-order valence-corrected chi connectivity index (χ4v) is 3.80. The molecule has 0 aliphatic carbocycles. The molecule has 26 heavy (non-hydrogen) atoms. The molecule has 1 fully saturated rings. The van der Waals surface area contributed by atoms with Crippen molar-refractivity contribution in [3.63, 3.8) is 0 Å². The topological polar surface area (TPSA) is 78.6 Å². The predicted molar refractivity (Wildman–Crippen MR) is 105 cm³/mol. The van der Waals surface area contributed by atoms with Gasteiger partial charge in [-0.2, -0.15) is 0 Å². The van der Waals surface area contributed by atoms with Crippen molar-refractivity contribution in [2.75, 3.05) is 26.2 Å². The number of aromatic nitrogens is 3. The van der Waals surface area contributed by atoms with Gasteiger partial charge >= 0.3 is 0 Å². The quantitative estimate of drug-likeness (QED) is 0.566. The predicted octanol–water partition coefficient (Wildman–Crippen LogP) is 1.55. The highest BCUT2D eigenvalue weighted by Gasteiger charge is 2.19. The highest BCUT2D eigenvalue weighted by Crippen LogP contribution is 2.11. The Labute approximate surface area is 158 Å². The molecule has 3 heterocycles. The monoisotopic (exact) mass is 376 g/mol. The zero-order chi connectivity index (χ0) is 18.2. The Hall–Kier alpha value is -1.93. The molecule has 0 amide bonds. The van der Waals surface area contributed by atoms with Gasteiger partial charge in [-0.3, -0.25) is 4.99 Å². The molecule has 3 rings (SSSR count). The van der Waals surface area contributed by atoms with Gasteiger partial charge in [-0.05, 0) is 24.3 Å². The fraction of sp³-hybridized carbons (Fsp3) is 0.611. The Kier molecular flexibility index (Phi) is 7.02. The summed E-state index contributed by atoms with van der Waals surface area (Å²) in [7, 11) is 0. The standard InChI is InChI=1S/C18H28N6OS/c1-2-17-22-21-14-24(17)12-9-20-18(23-10-6-15(25)7-11-23)19-8-5-16-4-3-13-26-16/h3-4,13-15,25H,2,5-12H2,1H3,(H,19,20). The van der Waals surface area contributed by atoms with Crippen LogP contribution in [0.25, 0.3) is 0 Å². The fourth-order valence-electron chi connectivity index (χ4n) is 3.10. The molecule has 2 aromatic rings. The number of piperidine rings is 1. The second-order valence-corrected chi connectivity index (χ2v) is 7.51. The largest absolute Gasteiger partial charge is 0.393 e. The zero-order valence-corrected chi connectivity index (χ0v) is 16.2. The van der Waals surface area contributed by atoms with E-state index < -0.39 is 0 Å². The minimum atomic E-state index is -0.178. The number of likely N-dealkylation sites (tertiary alicyclic amines) is 1. The number of aliphatic hydroxyl groups is 1. The number of nitrogens with one attached hydrogen (secondary N) is 1. The second kappa shape index (κ2) is 9.68. The minimum Gasteiger partial charge on any atom is -0.393 e. The summed E-state index contributed by atoms with van der Waals surface area (Å²) in [5.74, 6) is 1.95. The third-order valence-electron chi connectivity index (χ3n) is 4.61. The molecule has 142 valence electrons. The maximum atomic E-state index is 9.77. The number of nitrogens with zero attached hydrogens (tertiary/aromatic N) is 5. The third-order valence-corrected chi connectivity index (χ3v) is 5.55. The van der Waals surface area contributed by atoms with Gasteiger partial charge in [0, 0.05) is 50.4 Å². The summed E-state index contributed by atoms with van der Waals surface area (Å²) in [6, 6.07) is 4.24. The molecule has 0 aromatic carbocycles. The van der Waals surface area contributed by atoms with E-state index in [0.29, 0.717) is 0 Å². The lowest BCUT2D eigenvalue weighted by Crippen LogP contribution is -2.47. The van der Waals surface area contributed by atoms with Crippen LogP contribution in [-0.4, -0.2) is 63.0 Å². The number of guanidine groups is 1. The molecule has 0 bridgehead atoms. The van der Waals surface area contributed by atoms with E-state index in [1.54, 1.807) is 17.7 Å². The van der Waals surface area contributed by atoms with Crippen molar-refractivity contribution in [2.24, 2.45) is 4.99 Å². The van der Waals surface area contributed by atoms with Crippen molar-refractivity contribution in [1.29, 1.82) is 0 Å². The Morgan fingerprint density at radius 3 is 3.00 bits per heavy atom. The highest BCUT2D eigenvalue weighted by molar-refractivity contribution is 7.09. The van der Waals surface area contributed by atoms with E-state index in [1.165, 1.54) is 4.88 Å². The molecular weight excluding hydrogens is 348 g/mol. The van der Waals surface area contributed by atoms with E-state index in [-0.39, 0.29) is 6.10 Å². The smallest absolute Gasteiger partial charge is 0.193 e. The average Bonchev–Trinajstić information content (AvgIpc) is 3.32. The number of hydrogen-bond acceptors (Lipinski definition) is 5. The van der Waals surface area contributed by atoms with Crippen molar-refractivity contribution >= 4 is 17.3 Å². The van der Waals surface area contributed by atoms with E-state index in [0.717, 1.165) is 70.2 Å². The average molecular weight is 377 g/mol. The molecule has 8 heteroatoms. The Morgan fingerprint density at radius 1 is 1.42 bits per heavy atom. The minimum absolute atomic E-state index is 0.178. The third kappa shape index (κ3) is 5.28. The van der Waals surface area contributed by atoms with Gasteiger partial charge in [-0.1, -0.05) is 13.0 Å². The molecule has 0 spiro atoms. The summed E-state index contributed by atoms with van der Waals surface area (Å²) in [6.45, 7) is 6.15. The van der Waals surface area contributed by atoms with Crippen LogP contribution in [0.5, 0.6) is 0 Å². The van der Waals surface area contributed by atoms with E-state index in [9.17, 15) is 5.11 Å². The molecule has 2 N–H and O–H groups in total. The van der Waals surface area contributed by atoms with Crippen LogP contribution in [0.4, 0.5) is 0 Å². The summed E-state index contributed by atoms with van der Waals surface area (Å²) < 4.78 is 2.08. The first kappa shape index (κ1) is 18.8. The maximum absolute atomic E-state index is 9.77. The summed E-state index contributed by atoms with van der Waals surface area (Å²) in [6.07, 6.45) is 5.05. The number of aliphatic hydroxyl groups excluding tert-OH is 1. The summed E-state index contributed by atoms with van der Waals surface area (Å²) in [5.41, 5.74) is 0. The summed E-state index contributed by atoms with van der Waals surface area (Å²) in [4.78, 5) is 8.44. The Morgan fingerprint density at radius 2 is 2.27 bits per heavy atom. The van der Waals surface area contributed by atoms with Crippen LogP contribution in [0.3, 0.4) is 0 Å². The van der Waals surface area contributed by atoms with Crippen LogP contribution in [0.1, 0.15) is 30.5 Å². The lowest BCUT2D eigenvalue weighted by Gasteiger charge is -2.32. The number of thiophene rings is 1. The molecular formula is C18H28N6OS. The molecule has 1 saturated heterocycles. The SMILES string of the molecule is CCc1nncn1CCNC(=NCCc1cccs1)N1CCC(O)CC1. The Bertz CT molecular complexity index is 676. The van der Waals surface area contributed by atoms with E-state index in [1.807, 2.05) is 0 Å². The number of aryl methyl sites for hydroxylation is 1. The zero-order valence-electron chi connectivity index (χ0n) is 15.3. The summed E-state index contributed by atoms with van der Waals surface area (Å²) in [5, 5.41) is 23.5. The number of aliphatic imine (C=N–C) groups is 1. The van der Waals surface area contributed by atoms with Crippen molar-refractivity contribution in [3.8, 4) is 0 Å². The maximum Gasteiger partial charge on any atom is 0.193 e. The van der Waals surface area contributed by atoms with Gasteiger partial charge in [-0.15, -0.1) is 21.5 Å². The molecule has 2 aromatic heterocycles. The van der Waals surface area contributed by atoms with Crippen molar-refractivity contribution in [2.45, 2.75) is 45.3 Å². The van der Waals surface area contributed by atoms with E-state index in [4.69, 9.17) is 4.99 Å². The normalized spacial score (nSPS) is 16.2. The molecule has 0 saturated carbocycles. The van der Waals surface area contributed by atoms with Gasteiger partial charge in [0.25, 0.3) is 0 Å². The first-order chi connectivity index (χ1) is 12.8. The number of rotatable bonds is 7. The van der Waals surface area contributed by atoms with Crippen LogP contribution in [0.15, 0.2) is 28.8 Å². The molecule has 0 radical (unpaired) electrons. The van der Waals surface area contributed by atoms with Gasteiger partial charge in [0.2, 0.25) is 0 Å². The van der Waals surface area contributed by atoms with E-state index >= 15 is 0 Å². The van der Waals surface area contributed by atoms with Crippen molar-refractivity contribution in [1.82, 2.24) is 25.0 Å². The van der Waals surface area contributed by atoms with Crippen molar-refractivity contribution < 1.29 is 5.11 Å². The molecule has 0 unspecified atom stereocenters. The van der Waals surface area contributed by atoms with Crippen LogP contribution in [0.2, 0.25) is 0 Å². The van der Waals surface area contributed by atoms with Crippen LogP contribution >= 0.6 is 11.3 Å². The Balaban J connectivity index is 1.56. The summed E-state index contributed by atoms with van der Waals surface area (Å²) >= 11 is 1.78. The second-order valence-electron chi connectivity index (χ2n) is 6.47. The van der Waals surface area contributed by atoms with Crippen molar-refractivity contribution in [3.05, 3.63) is 34.5 Å². The van der Waals surface area contributed by atoms with Crippen LogP contribution in [0, 0.1) is 0 Å². The number of hydrogen-bond donors (Lipinski definition) is 2. The van der Waals surface area contributed by atoms with Gasteiger partial charge in [-0.25, -0.2) is 0 Å². The van der Waals surface area contributed by atoms with E-state index in [2.05, 4.69) is 49.4 Å². The molecule has 1 aliphatic rings. The van der Waals surface area contributed by atoms with Gasteiger partial charge < -0.3 is 19.9 Å². The molecule has 1 aliphatic heterocycles. The first-order valence-electron chi connectivity index (χ1n) is 9.36.